The molecule has 120 valence electrons. The summed E-state index contributed by atoms with van der Waals surface area (Å²) in [5.74, 6) is 1.29. The van der Waals surface area contributed by atoms with E-state index in [-0.39, 0.29) is 0 Å². The molecule has 8 heteroatoms. The van der Waals surface area contributed by atoms with E-state index in [0.717, 1.165) is 12.1 Å². The molecule has 23 heavy (non-hydrogen) atoms. The molecule has 1 amide bonds. The average molecular weight is 352 g/mol. The van der Waals surface area contributed by atoms with Crippen LogP contribution in [-0.4, -0.2) is 47.5 Å². The van der Waals surface area contributed by atoms with E-state index in [9.17, 15) is 4.79 Å². The number of anilines is 3. The number of piperazine rings is 1. The van der Waals surface area contributed by atoms with Crippen molar-refractivity contribution in [1.82, 2.24) is 14.9 Å². The van der Waals surface area contributed by atoms with Gasteiger partial charge >= 0.3 is 0 Å². The SMILES string of the molecule is O=CN1CCN(c2nccc(Nc3cc(Cl)cc(Cl)c3)n2)CC1. The number of rotatable bonds is 4. The van der Waals surface area contributed by atoms with Crippen molar-refractivity contribution in [2.24, 2.45) is 0 Å². The van der Waals surface area contributed by atoms with Crippen molar-refractivity contribution in [2.75, 3.05) is 36.4 Å². The fourth-order valence-electron chi connectivity index (χ4n) is 2.37. The van der Waals surface area contributed by atoms with Gasteiger partial charge < -0.3 is 15.1 Å². The highest BCUT2D eigenvalue weighted by molar-refractivity contribution is 6.35. The molecule has 1 aromatic carbocycles. The number of hydrogen-bond acceptors (Lipinski definition) is 5. The van der Waals surface area contributed by atoms with Gasteiger partial charge in [-0.2, -0.15) is 4.98 Å². The monoisotopic (exact) mass is 351 g/mol. The molecular formula is C15H15Cl2N5O. The first kappa shape index (κ1) is 15.8. The minimum Gasteiger partial charge on any atom is -0.342 e. The van der Waals surface area contributed by atoms with Crippen molar-refractivity contribution in [1.29, 1.82) is 0 Å². The van der Waals surface area contributed by atoms with E-state index in [2.05, 4.69) is 20.2 Å². The maximum Gasteiger partial charge on any atom is 0.227 e. The molecule has 0 radical (unpaired) electrons. The maximum absolute atomic E-state index is 10.8. The second-order valence-corrected chi connectivity index (χ2v) is 6.03. The van der Waals surface area contributed by atoms with Gasteiger partial charge in [-0.25, -0.2) is 4.98 Å². The van der Waals surface area contributed by atoms with E-state index in [0.29, 0.717) is 48.0 Å². The lowest BCUT2D eigenvalue weighted by Gasteiger charge is -2.32. The van der Waals surface area contributed by atoms with Crippen LogP contribution in [0.25, 0.3) is 0 Å². The topological polar surface area (TPSA) is 61.4 Å². The number of nitrogens with one attached hydrogen (secondary N) is 1. The number of nitrogens with zero attached hydrogens (tertiary/aromatic N) is 4. The molecule has 0 saturated carbocycles. The molecule has 0 aliphatic carbocycles. The van der Waals surface area contributed by atoms with Gasteiger partial charge in [0, 0.05) is 48.1 Å². The summed E-state index contributed by atoms with van der Waals surface area (Å²) in [6, 6.07) is 7.00. The second kappa shape index (κ2) is 7.02. The van der Waals surface area contributed by atoms with Gasteiger partial charge in [0.2, 0.25) is 12.4 Å². The van der Waals surface area contributed by atoms with Crippen LogP contribution in [0.1, 0.15) is 0 Å². The number of amides is 1. The lowest BCUT2D eigenvalue weighted by atomic mass is 10.3. The van der Waals surface area contributed by atoms with Gasteiger partial charge in [0.15, 0.2) is 0 Å². The summed E-state index contributed by atoms with van der Waals surface area (Å²) in [6.45, 7) is 2.78. The summed E-state index contributed by atoms with van der Waals surface area (Å²) in [7, 11) is 0. The summed E-state index contributed by atoms with van der Waals surface area (Å²) in [5, 5.41) is 4.28. The highest BCUT2D eigenvalue weighted by Crippen LogP contribution is 2.25. The highest BCUT2D eigenvalue weighted by atomic mass is 35.5. The van der Waals surface area contributed by atoms with Crippen molar-refractivity contribution >= 4 is 47.1 Å². The summed E-state index contributed by atoms with van der Waals surface area (Å²) >= 11 is 12.0. The van der Waals surface area contributed by atoms with E-state index in [1.165, 1.54) is 0 Å². The average Bonchev–Trinajstić information content (AvgIpc) is 2.54. The second-order valence-electron chi connectivity index (χ2n) is 5.15. The lowest BCUT2D eigenvalue weighted by Crippen LogP contribution is -2.46. The van der Waals surface area contributed by atoms with Gasteiger partial charge in [0.25, 0.3) is 0 Å². The van der Waals surface area contributed by atoms with Crippen LogP contribution in [0.5, 0.6) is 0 Å². The molecule has 3 rings (SSSR count). The molecule has 1 N–H and O–H groups in total. The predicted octanol–water partition coefficient (Wildman–Crippen LogP) is 2.81. The Morgan fingerprint density at radius 3 is 2.43 bits per heavy atom. The van der Waals surface area contributed by atoms with Crippen LogP contribution in [0.3, 0.4) is 0 Å². The van der Waals surface area contributed by atoms with Gasteiger partial charge in [-0.05, 0) is 24.3 Å². The highest BCUT2D eigenvalue weighted by Gasteiger charge is 2.17. The van der Waals surface area contributed by atoms with E-state index < -0.39 is 0 Å². The smallest absolute Gasteiger partial charge is 0.227 e. The number of hydrogen-bond donors (Lipinski definition) is 1. The third kappa shape index (κ3) is 4.03. The number of benzene rings is 1. The molecule has 2 heterocycles. The molecule has 1 saturated heterocycles. The summed E-state index contributed by atoms with van der Waals surface area (Å²) in [4.78, 5) is 23.4. The first-order valence-corrected chi connectivity index (χ1v) is 7.90. The van der Waals surface area contributed by atoms with Gasteiger partial charge in [0.1, 0.15) is 5.82 Å². The predicted molar refractivity (Wildman–Crippen MR) is 91.6 cm³/mol. The third-order valence-corrected chi connectivity index (χ3v) is 3.96. The molecule has 6 nitrogen and oxygen atoms in total. The Hall–Kier alpha value is -2.05. The molecule has 1 aliphatic rings. The Balaban J connectivity index is 1.73. The Kier molecular flexibility index (Phi) is 4.83. The van der Waals surface area contributed by atoms with Crippen molar-refractivity contribution in [3.63, 3.8) is 0 Å². The zero-order valence-corrected chi connectivity index (χ0v) is 13.8. The Bertz CT molecular complexity index is 684. The maximum atomic E-state index is 10.8. The van der Waals surface area contributed by atoms with E-state index in [1.807, 2.05) is 0 Å². The van der Waals surface area contributed by atoms with Crippen LogP contribution >= 0.6 is 23.2 Å². The summed E-state index contributed by atoms with van der Waals surface area (Å²) in [5.41, 5.74) is 0.762. The number of aromatic nitrogens is 2. The van der Waals surface area contributed by atoms with Gasteiger partial charge in [-0.1, -0.05) is 23.2 Å². The van der Waals surface area contributed by atoms with E-state index in [4.69, 9.17) is 23.2 Å². The molecule has 1 aliphatic heterocycles. The van der Waals surface area contributed by atoms with Gasteiger partial charge in [-0.15, -0.1) is 0 Å². The molecule has 0 spiro atoms. The molecule has 0 unspecified atom stereocenters. The first-order valence-electron chi connectivity index (χ1n) is 7.14. The van der Waals surface area contributed by atoms with Crippen molar-refractivity contribution in [2.45, 2.75) is 0 Å². The van der Waals surface area contributed by atoms with Crippen LogP contribution in [0.15, 0.2) is 30.5 Å². The van der Waals surface area contributed by atoms with Crippen LogP contribution in [0, 0.1) is 0 Å². The standard InChI is InChI=1S/C15H15Cl2N5O/c16-11-7-12(17)9-13(8-11)19-14-1-2-18-15(20-14)22-5-3-21(10-23)4-6-22/h1-2,7-10H,3-6H2,(H,18,19,20). The lowest BCUT2D eigenvalue weighted by molar-refractivity contribution is -0.118. The van der Waals surface area contributed by atoms with E-state index in [1.54, 1.807) is 35.4 Å². The minimum absolute atomic E-state index is 0.555. The minimum atomic E-state index is 0.555. The van der Waals surface area contributed by atoms with Crippen LogP contribution in [0.2, 0.25) is 10.0 Å². The van der Waals surface area contributed by atoms with Gasteiger partial charge in [0.05, 0.1) is 0 Å². The zero-order valence-electron chi connectivity index (χ0n) is 12.2. The molecule has 1 aromatic heterocycles. The fraction of sp³-hybridized carbons (Fsp3) is 0.267. The number of carbonyl (C=O) groups excluding carboxylic acids is 1. The van der Waals surface area contributed by atoms with Crippen molar-refractivity contribution in [3.8, 4) is 0 Å². The summed E-state index contributed by atoms with van der Waals surface area (Å²) in [6.07, 6.45) is 2.57. The van der Waals surface area contributed by atoms with E-state index >= 15 is 0 Å². The molecule has 2 aromatic rings. The van der Waals surface area contributed by atoms with Gasteiger partial charge in [-0.3, -0.25) is 4.79 Å². The normalized spacial score (nSPS) is 14.7. The molecule has 0 atom stereocenters. The van der Waals surface area contributed by atoms with Crippen LogP contribution in [0.4, 0.5) is 17.5 Å². The number of halogens is 2. The Labute approximate surface area is 144 Å². The van der Waals surface area contributed by atoms with Crippen molar-refractivity contribution < 1.29 is 4.79 Å². The molecule has 1 fully saturated rings. The molecule has 0 bridgehead atoms. The summed E-state index contributed by atoms with van der Waals surface area (Å²) < 4.78 is 0. The molecular weight excluding hydrogens is 337 g/mol. The first-order chi connectivity index (χ1) is 11.1. The number of carbonyl (C=O) groups is 1. The Morgan fingerprint density at radius 1 is 1.09 bits per heavy atom. The largest absolute Gasteiger partial charge is 0.342 e. The zero-order chi connectivity index (χ0) is 16.2. The quantitative estimate of drug-likeness (QED) is 0.858. The van der Waals surface area contributed by atoms with Crippen LogP contribution in [-0.2, 0) is 4.79 Å². The Morgan fingerprint density at radius 2 is 1.78 bits per heavy atom. The van der Waals surface area contributed by atoms with Crippen molar-refractivity contribution in [3.05, 3.63) is 40.5 Å². The third-order valence-electron chi connectivity index (χ3n) is 3.52. The fourth-order valence-corrected chi connectivity index (χ4v) is 2.90. The van der Waals surface area contributed by atoms with Crippen LogP contribution < -0.4 is 10.2 Å².